The van der Waals surface area contributed by atoms with E-state index in [0.717, 1.165) is 61.0 Å². The Balaban J connectivity index is 1.44. The third-order valence-electron chi connectivity index (χ3n) is 5.54. The average molecular weight is 357 g/mol. The van der Waals surface area contributed by atoms with Crippen LogP contribution >= 0.6 is 0 Å². The number of hydrogen-bond acceptors (Lipinski definition) is 5. The zero-order valence-corrected chi connectivity index (χ0v) is 14.9. The standard InChI is InChI=1S/C18H23N5O3/c1-21-16(24)10-15(19-18(21)26)22-7-5-12(6-8-22)11-23-17(25)9-13-3-2-4-14(13)20-23/h9-10,12H,2-8,11H2,1H3,(H,19,26). The van der Waals surface area contributed by atoms with E-state index in [9.17, 15) is 14.4 Å². The molecule has 1 aliphatic heterocycles. The molecule has 0 amide bonds. The maximum absolute atomic E-state index is 12.3. The largest absolute Gasteiger partial charge is 0.358 e. The summed E-state index contributed by atoms with van der Waals surface area (Å²) in [5, 5.41) is 4.56. The van der Waals surface area contributed by atoms with Crippen LogP contribution < -0.4 is 21.7 Å². The molecule has 1 saturated heterocycles. The maximum atomic E-state index is 12.3. The molecule has 1 N–H and O–H groups in total. The fourth-order valence-corrected chi connectivity index (χ4v) is 3.88. The van der Waals surface area contributed by atoms with Crippen LogP contribution in [-0.4, -0.2) is 32.4 Å². The van der Waals surface area contributed by atoms with Crippen molar-refractivity contribution in [1.82, 2.24) is 19.3 Å². The van der Waals surface area contributed by atoms with Crippen molar-refractivity contribution in [3.05, 3.63) is 54.6 Å². The van der Waals surface area contributed by atoms with Gasteiger partial charge in [0.1, 0.15) is 5.82 Å². The molecule has 8 heteroatoms. The third kappa shape index (κ3) is 3.11. The molecule has 0 saturated carbocycles. The van der Waals surface area contributed by atoms with Crippen molar-refractivity contribution in [1.29, 1.82) is 0 Å². The Morgan fingerprint density at radius 1 is 1.12 bits per heavy atom. The molecule has 1 aliphatic carbocycles. The number of aromatic nitrogens is 4. The molecular weight excluding hydrogens is 334 g/mol. The Morgan fingerprint density at radius 3 is 2.62 bits per heavy atom. The molecule has 4 rings (SSSR count). The van der Waals surface area contributed by atoms with E-state index in [1.54, 1.807) is 10.7 Å². The molecule has 26 heavy (non-hydrogen) atoms. The van der Waals surface area contributed by atoms with Gasteiger partial charge in [-0.2, -0.15) is 5.10 Å². The number of hydrogen-bond donors (Lipinski definition) is 1. The number of aryl methyl sites for hydroxylation is 2. The van der Waals surface area contributed by atoms with Gasteiger partial charge in [-0.1, -0.05) is 0 Å². The number of fused-ring (bicyclic) bond motifs is 1. The van der Waals surface area contributed by atoms with Gasteiger partial charge in [0.25, 0.3) is 11.1 Å². The first-order valence-electron chi connectivity index (χ1n) is 9.16. The van der Waals surface area contributed by atoms with Crippen LogP contribution in [0.15, 0.2) is 26.5 Å². The number of piperidine rings is 1. The summed E-state index contributed by atoms with van der Waals surface area (Å²) in [5.41, 5.74) is 1.46. The Kier molecular flexibility index (Phi) is 4.26. The highest BCUT2D eigenvalue weighted by molar-refractivity contribution is 5.37. The highest BCUT2D eigenvalue weighted by Crippen LogP contribution is 2.22. The van der Waals surface area contributed by atoms with E-state index >= 15 is 0 Å². The molecule has 2 aliphatic rings. The number of H-pyrrole nitrogens is 1. The van der Waals surface area contributed by atoms with Crippen molar-refractivity contribution in [2.45, 2.75) is 38.6 Å². The van der Waals surface area contributed by atoms with Gasteiger partial charge in [0, 0.05) is 38.8 Å². The van der Waals surface area contributed by atoms with Crippen molar-refractivity contribution in [2.75, 3.05) is 18.0 Å². The van der Waals surface area contributed by atoms with Crippen molar-refractivity contribution in [3.8, 4) is 0 Å². The molecule has 138 valence electrons. The summed E-state index contributed by atoms with van der Waals surface area (Å²) in [6, 6.07) is 3.21. The van der Waals surface area contributed by atoms with Gasteiger partial charge in [-0.05, 0) is 43.6 Å². The average Bonchev–Trinajstić information content (AvgIpc) is 3.07. The zero-order valence-electron chi connectivity index (χ0n) is 14.9. The molecule has 2 aromatic rings. The minimum Gasteiger partial charge on any atom is -0.358 e. The van der Waals surface area contributed by atoms with Gasteiger partial charge in [-0.25, -0.2) is 9.48 Å². The van der Waals surface area contributed by atoms with E-state index in [1.165, 1.54) is 13.1 Å². The predicted molar refractivity (Wildman–Crippen MR) is 97.8 cm³/mol. The van der Waals surface area contributed by atoms with E-state index in [4.69, 9.17) is 0 Å². The van der Waals surface area contributed by atoms with E-state index < -0.39 is 5.69 Å². The smallest absolute Gasteiger partial charge is 0.329 e. The lowest BCUT2D eigenvalue weighted by atomic mass is 9.97. The number of aromatic amines is 1. The highest BCUT2D eigenvalue weighted by Gasteiger charge is 2.22. The fraction of sp³-hybridized carbons (Fsp3) is 0.556. The first-order chi connectivity index (χ1) is 12.5. The molecule has 0 radical (unpaired) electrons. The quantitative estimate of drug-likeness (QED) is 0.837. The molecule has 8 nitrogen and oxygen atoms in total. The predicted octanol–water partition coefficient (Wildman–Crippen LogP) is 0.0356. The van der Waals surface area contributed by atoms with Crippen LogP contribution in [0.3, 0.4) is 0 Å². The lowest BCUT2D eigenvalue weighted by Crippen LogP contribution is -2.40. The van der Waals surface area contributed by atoms with Crippen LogP contribution in [0.25, 0.3) is 0 Å². The zero-order chi connectivity index (χ0) is 18.3. The molecule has 0 atom stereocenters. The van der Waals surface area contributed by atoms with Gasteiger partial charge < -0.3 is 4.90 Å². The molecular formula is C18H23N5O3. The SMILES string of the molecule is Cn1c(=O)cc(N2CCC(Cn3nc4c(cc3=O)CCC4)CC2)[nH]c1=O. The fourth-order valence-electron chi connectivity index (χ4n) is 3.88. The van der Waals surface area contributed by atoms with E-state index in [0.29, 0.717) is 18.3 Å². The summed E-state index contributed by atoms with van der Waals surface area (Å²) < 4.78 is 2.67. The summed E-state index contributed by atoms with van der Waals surface area (Å²) in [5.74, 6) is 0.943. The summed E-state index contributed by atoms with van der Waals surface area (Å²) in [7, 11) is 1.46. The van der Waals surface area contributed by atoms with Crippen LogP contribution in [0.5, 0.6) is 0 Å². The number of nitrogens with one attached hydrogen (secondary N) is 1. The second-order valence-corrected chi connectivity index (χ2v) is 7.28. The lowest BCUT2D eigenvalue weighted by Gasteiger charge is -2.33. The first kappa shape index (κ1) is 16.8. The van der Waals surface area contributed by atoms with Crippen LogP contribution in [0.1, 0.15) is 30.5 Å². The number of anilines is 1. The van der Waals surface area contributed by atoms with E-state index in [2.05, 4.69) is 10.1 Å². The highest BCUT2D eigenvalue weighted by atomic mass is 16.2. The van der Waals surface area contributed by atoms with Gasteiger partial charge in [0.15, 0.2) is 0 Å². The summed E-state index contributed by atoms with van der Waals surface area (Å²) in [6.45, 7) is 2.12. The minimum atomic E-state index is -0.400. The van der Waals surface area contributed by atoms with Crippen LogP contribution in [0, 0.1) is 5.92 Å². The first-order valence-corrected chi connectivity index (χ1v) is 9.16. The molecule has 2 aromatic heterocycles. The lowest BCUT2D eigenvalue weighted by molar-refractivity contribution is 0.333. The Labute approximate surface area is 150 Å². The summed E-state index contributed by atoms with van der Waals surface area (Å²) >= 11 is 0. The van der Waals surface area contributed by atoms with Crippen LogP contribution in [-0.2, 0) is 26.4 Å². The van der Waals surface area contributed by atoms with Gasteiger partial charge in [0.2, 0.25) is 0 Å². The van der Waals surface area contributed by atoms with Gasteiger partial charge in [0.05, 0.1) is 5.69 Å². The van der Waals surface area contributed by atoms with Gasteiger partial charge in [-0.15, -0.1) is 0 Å². The maximum Gasteiger partial charge on any atom is 0.329 e. The molecule has 1 fully saturated rings. The Hall–Kier alpha value is -2.64. The summed E-state index contributed by atoms with van der Waals surface area (Å²) in [4.78, 5) is 40.6. The minimum absolute atomic E-state index is 0.0102. The van der Waals surface area contributed by atoms with Crippen molar-refractivity contribution >= 4 is 5.82 Å². The molecule has 0 aromatic carbocycles. The normalized spacial score (nSPS) is 17.5. The van der Waals surface area contributed by atoms with Crippen LogP contribution in [0.4, 0.5) is 5.82 Å². The van der Waals surface area contributed by atoms with Crippen molar-refractivity contribution < 1.29 is 0 Å². The molecule has 0 unspecified atom stereocenters. The second kappa shape index (κ2) is 6.59. The molecule has 3 heterocycles. The van der Waals surface area contributed by atoms with E-state index in [-0.39, 0.29) is 11.1 Å². The number of rotatable bonds is 3. The van der Waals surface area contributed by atoms with Crippen molar-refractivity contribution in [3.63, 3.8) is 0 Å². The Morgan fingerprint density at radius 2 is 1.88 bits per heavy atom. The van der Waals surface area contributed by atoms with Crippen LogP contribution in [0.2, 0.25) is 0 Å². The van der Waals surface area contributed by atoms with E-state index in [1.807, 2.05) is 4.90 Å². The molecule has 0 bridgehead atoms. The van der Waals surface area contributed by atoms with Gasteiger partial charge in [-0.3, -0.25) is 19.1 Å². The monoisotopic (exact) mass is 357 g/mol. The Bertz CT molecular complexity index is 964. The summed E-state index contributed by atoms with van der Waals surface area (Å²) in [6.07, 6.45) is 4.79. The molecule has 0 spiro atoms. The third-order valence-corrected chi connectivity index (χ3v) is 5.54. The topological polar surface area (TPSA) is 93.0 Å². The van der Waals surface area contributed by atoms with Gasteiger partial charge >= 0.3 is 5.69 Å². The second-order valence-electron chi connectivity index (χ2n) is 7.28. The van der Waals surface area contributed by atoms with Crippen molar-refractivity contribution in [2.24, 2.45) is 13.0 Å². The number of nitrogens with zero attached hydrogens (tertiary/aromatic N) is 4.